The summed E-state index contributed by atoms with van der Waals surface area (Å²) in [5.74, 6) is 1.52. The molecule has 1 saturated heterocycles. The number of ether oxygens (including phenoxy) is 1. The summed E-state index contributed by atoms with van der Waals surface area (Å²) in [6.45, 7) is 4.58. The van der Waals surface area contributed by atoms with E-state index in [2.05, 4.69) is 69.1 Å². The Labute approximate surface area is 181 Å². The van der Waals surface area contributed by atoms with Crippen LogP contribution in [0.5, 0.6) is 5.75 Å². The molecule has 1 aromatic carbocycles. The third-order valence-electron chi connectivity index (χ3n) is 6.40. The van der Waals surface area contributed by atoms with Crippen LogP contribution in [0.2, 0.25) is 0 Å². The van der Waals surface area contributed by atoms with Crippen LogP contribution in [0.3, 0.4) is 0 Å². The van der Waals surface area contributed by atoms with Gasteiger partial charge >= 0.3 is 0 Å². The lowest BCUT2D eigenvalue weighted by Crippen LogP contribution is -2.34. The third kappa shape index (κ3) is 3.53. The van der Waals surface area contributed by atoms with Gasteiger partial charge in [0.25, 0.3) is 0 Å². The molecule has 4 aromatic rings. The van der Waals surface area contributed by atoms with Crippen molar-refractivity contribution < 1.29 is 4.74 Å². The molecule has 0 bridgehead atoms. The molecule has 1 aliphatic rings. The second kappa shape index (κ2) is 8.25. The summed E-state index contributed by atoms with van der Waals surface area (Å²) in [4.78, 5) is 4.56. The van der Waals surface area contributed by atoms with Crippen LogP contribution < -0.4 is 10.1 Å². The van der Waals surface area contributed by atoms with Gasteiger partial charge in [0.1, 0.15) is 5.75 Å². The highest BCUT2D eigenvalue weighted by Crippen LogP contribution is 2.38. The first kappa shape index (κ1) is 19.3. The average Bonchev–Trinajstić information content (AvgIpc) is 3.47. The number of rotatable bonds is 5. The SMILES string of the molecule is COc1ccc2c(c1)c(-c1cncc(-c3ccsc3)c1)cn2C(C)C1CCCNC1. The standard InChI is InChI=1S/C25H27N3OS/c1-17(18-4-3-8-26-12-18)28-15-24(23-11-22(29-2)5-6-25(23)28)21-10-20(13-27-14-21)19-7-9-30-16-19/h5-7,9-11,13-18,26H,3-4,8,12H2,1-2H3. The van der Waals surface area contributed by atoms with Crippen LogP contribution in [-0.4, -0.2) is 29.8 Å². The number of piperidine rings is 1. The monoisotopic (exact) mass is 417 g/mol. The lowest BCUT2D eigenvalue weighted by molar-refractivity contribution is 0.284. The normalized spacial score (nSPS) is 17.9. The Morgan fingerprint density at radius 1 is 1.17 bits per heavy atom. The summed E-state index contributed by atoms with van der Waals surface area (Å²) in [7, 11) is 1.73. The number of nitrogens with one attached hydrogen (secondary N) is 1. The minimum atomic E-state index is 0.426. The molecule has 0 spiro atoms. The van der Waals surface area contributed by atoms with Gasteiger partial charge < -0.3 is 14.6 Å². The lowest BCUT2D eigenvalue weighted by Gasteiger charge is -2.30. The molecule has 4 heterocycles. The topological polar surface area (TPSA) is 39.1 Å². The van der Waals surface area contributed by atoms with Gasteiger partial charge in [0.15, 0.2) is 0 Å². The predicted octanol–water partition coefficient (Wildman–Crippen LogP) is 6.00. The summed E-state index contributed by atoms with van der Waals surface area (Å²) < 4.78 is 8.01. The van der Waals surface area contributed by atoms with E-state index in [0.717, 1.165) is 30.0 Å². The molecule has 3 aromatic heterocycles. The summed E-state index contributed by atoms with van der Waals surface area (Å²) in [5, 5.41) is 9.07. The molecule has 0 amide bonds. The smallest absolute Gasteiger partial charge is 0.119 e. The number of thiophene rings is 1. The van der Waals surface area contributed by atoms with Gasteiger partial charge in [0.2, 0.25) is 0 Å². The summed E-state index contributed by atoms with van der Waals surface area (Å²) in [6, 6.07) is 11.2. The molecule has 1 N–H and O–H groups in total. The van der Waals surface area contributed by atoms with Gasteiger partial charge in [0, 0.05) is 52.2 Å². The minimum absolute atomic E-state index is 0.426. The molecule has 30 heavy (non-hydrogen) atoms. The lowest BCUT2D eigenvalue weighted by atomic mass is 9.92. The molecule has 2 unspecified atom stereocenters. The highest BCUT2D eigenvalue weighted by atomic mass is 32.1. The number of methoxy groups -OCH3 is 1. The fourth-order valence-electron chi connectivity index (χ4n) is 4.62. The summed E-state index contributed by atoms with van der Waals surface area (Å²) in [6.07, 6.45) is 8.76. The molecule has 2 atom stereocenters. The molecule has 4 nitrogen and oxygen atoms in total. The molecule has 1 aliphatic heterocycles. The zero-order chi connectivity index (χ0) is 20.5. The summed E-state index contributed by atoms with van der Waals surface area (Å²) in [5.41, 5.74) is 5.98. The number of hydrogen-bond acceptors (Lipinski definition) is 4. The number of benzene rings is 1. The molecule has 154 valence electrons. The van der Waals surface area contributed by atoms with E-state index in [1.54, 1.807) is 18.4 Å². The average molecular weight is 418 g/mol. The fourth-order valence-corrected chi connectivity index (χ4v) is 5.28. The molecule has 1 fully saturated rings. The van der Waals surface area contributed by atoms with Crippen LogP contribution in [0.25, 0.3) is 33.2 Å². The maximum absolute atomic E-state index is 5.55. The number of hydrogen-bond donors (Lipinski definition) is 1. The van der Waals surface area contributed by atoms with Gasteiger partial charge in [-0.3, -0.25) is 4.98 Å². The first-order valence-electron chi connectivity index (χ1n) is 10.6. The Morgan fingerprint density at radius 3 is 2.83 bits per heavy atom. The number of pyridine rings is 1. The van der Waals surface area contributed by atoms with E-state index in [1.807, 2.05) is 12.4 Å². The summed E-state index contributed by atoms with van der Waals surface area (Å²) >= 11 is 1.71. The van der Waals surface area contributed by atoms with Crippen molar-refractivity contribution in [2.45, 2.75) is 25.8 Å². The van der Waals surface area contributed by atoms with Crippen molar-refractivity contribution in [2.75, 3.05) is 20.2 Å². The van der Waals surface area contributed by atoms with E-state index >= 15 is 0 Å². The van der Waals surface area contributed by atoms with Crippen molar-refractivity contribution in [3.8, 4) is 28.0 Å². The fraction of sp³-hybridized carbons (Fsp3) is 0.320. The van der Waals surface area contributed by atoms with E-state index in [0.29, 0.717) is 12.0 Å². The van der Waals surface area contributed by atoms with Crippen LogP contribution in [0, 0.1) is 5.92 Å². The molecule has 0 aliphatic carbocycles. The van der Waals surface area contributed by atoms with Gasteiger partial charge in [-0.2, -0.15) is 11.3 Å². The molecule has 0 radical (unpaired) electrons. The molecule has 0 saturated carbocycles. The van der Waals surface area contributed by atoms with Crippen molar-refractivity contribution in [3.05, 3.63) is 59.7 Å². The van der Waals surface area contributed by atoms with Gasteiger partial charge in [-0.1, -0.05) is 0 Å². The second-order valence-electron chi connectivity index (χ2n) is 8.15. The Hall–Kier alpha value is -2.63. The van der Waals surface area contributed by atoms with Crippen LogP contribution in [0.1, 0.15) is 25.8 Å². The minimum Gasteiger partial charge on any atom is -0.497 e. The van der Waals surface area contributed by atoms with Crippen LogP contribution in [-0.2, 0) is 0 Å². The van der Waals surface area contributed by atoms with Crippen LogP contribution in [0.4, 0.5) is 0 Å². The molecule has 5 rings (SSSR count). The largest absolute Gasteiger partial charge is 0.497 e. The molecular weight excluding hydrogens is 390 g/mol. The van der Waals surface area contributed by atoms with E-state index in [1.165, 1.54) is 34.9 Å². The first-order chi connectivity index (χ1) is 14.7. The van der Waals surface area contributed by atoms with E-state index in [9.17, 15) is 0 Å². The Morgan fingerprint density at radius 2 is 2.07 bits per heavy atom. The second-order valence-corrected chi connectivity index (χ2v) is 8.93. The zero-order valence-electron chi connectivity index (χ0n) is 17.5. The van der Waals surface area contributed by atoms with Crippen molar-refractivity contribution in [2.24, 2.45) is 5.92 Å². The number of aromatic nitrogens is 2. The van der Waals surface area contributed by atoms with E-state index in [-0.39, 0.29) is 0 Å². The van der Waals surface area contributed by atoms with Gasteiger partial charge in [0.05, 0.1) is 7.11 Å². The van der Waals surface area contributed by atoms with Crippen LogP contribution >= 0.6 is 11.3 Å². The third-order valence-corrected chi connectivity index (χ3v) is 7.08. The molecule has 5 heteroatoms. The quantitative estimate of drug-likeness (QED) is 0.433. The maximum Gasteiger partial charge on any atom is 0.119 e. The van der Waals surface area contributed by atoms with Gasteiger partial charge in [-0.25, -0.2) is 0 Å². The van der Waals surface area contributed by atoms with E-state index in [4.69, 9.17) is 4.74 Å². The highest BCUT2D eigenvalue weighted by molar-refractivity contribution is 7.08. The van der Waals surface area contributed by atoms with Crippen molar-refractivity contribution >= 4 is 22.2 Å². The number of fused-ring (bicyclic) bond motifs is 1. The maximum atomic E-state index is 5.55. The Balaban J connectivity index is 1.63. The predicted molar refractivity (Wildman–Crippen MR) is 125 cm³/mol. The van der Waals surface area contributed by atoms with Gasteiger partial charge in [-0.05, 0) is 85.4 Å². The van der Waals surface area contributed by atoms with Gasteiger partial charge in [-0.15, -0.1) is 0 Å². The Bertz CT molecular complexity index is 1140. The van der Waals surface area contributed by atoms with Crippen molar-refractivity contribution in [1.29, 1.82) is 0 Å². The van der Waals surface area contributed by atoms with Crippen molar-refractivity contribution in [3.63, 3.8) is 0 Å². The highest BCUT2D eigenvalue weighted by Gasteiger charge is 2.24. The zero-order valence-corrected chi connectivity index (χ0v) is 18.3. The van der Waals surface area contributed by atoms with Crippen LogP contribution in [0.15, 0.2) is 59.7 Å². The Kier molecular flexibility index (Phi) is 5.32. The van der Waals surface area contributed by atoms with E-state index < -0.39 is 0 Å². The number of nitrogens with zero attached hydrogens (tertiary/aromatic N) is 2. The van der Waals surface area contributed by atoms with Crippen molar-refractivity contribution in [1.82, 2.24) is 14.9 Å². The first-order valence-corrected chi connectivity index (χ1v) is 11.6. The molecular formula is C25H27N3OS.